The summed E-state index contributed by atoms with van der Waals surface area (Å²) in [5.74, 6) is 0. The number of hydrogen-bond acceptors (Lipinski definition) is 6. The van der Waals surface area contributed by atoms with Gasteiger partial charge in [-0.25, -0.2) is 18.1 Å². The van der Waals surface area contributed by atoms with Crippen LogP contribution in [0.3, 0.4) is 0 Å². The minimum Gasteiger partial charge on any atom is -0.221 e. The fraction of sp³-hybridized carbons (Fsp3) is 0.167. The van der Waals surface area contributed by atoms with Crippen molar-refractivity contribution in [3.8, 4) is 5.69 Å². The normalized spacial score (nSPS) is 11.9. The van der Waals surface area contributed by atoms with E-state index in [1.807, 2.05) is 30.3 Å². The van der Waals surface area contributed by atoms with Gasteiger partial charge in [-0.2, -0.15) is 5.10 Å². The van der Waals surface area contributed by atoms with E-state index in [9.17, 15) is 8.42 Å². The lowest BCUT2D eigenvalue weighted by atomic mass is 10.3. The highest BCUT2D eigenvalue weighted by molar-refractivity contribution is 7.90. The Labute approximate surface area is 115 Å². The van der Waals surface area contributed by atoms with Crippen LogP contribution in [-0.4, -0.2) is 39.6 Å². The molecule has 0 spiro atoms. The molecule has 0 atom stereocenters. The lowest BCUT2D eigenvalue weighted by molar-refractivity contribution is 0.590. The Kier molecular flexibility index (Phi) is 2.75. The van der Waals surface area contributed by atoms with E-state index in [1.165, 1.54) is 0 Å². The standard InChI is InChI=1S/C12H11N5O2S/c1-8-10-11(14-15-12(13-10)20(2,18)19)17(16-8)9-6-4-3-5-7-9/h3-7H,1-2H3. The molecule has 0 aliphatic heterocycles. The molecule has 20 heavy (non-hydrogen) atoms. The van der Waals surface area contributed by atoms with Gasteiger partial charge in [-0.1, -0.05) is 18.2 Å². The van der Waals surface area contributed by atoms with Crippen LogP contribution in [-0.2, 0) is 9.84 Å². The molecule has 2 aromatic heterocycles. The highest BCUT2D eigenvalue weighted by Crippen LogP contribution is 2.18. The SMILES string of the molecule is Cc1nn(-c2ccccc2)c2nnc(S(C)(=O)=O)nc12. The Morgan fingerprint density at radius 1 is 1.10 bits per heavy atom. The molecule has 0 N–H and O–H groups in total. The molecular formula is C12H11N5O2S. The third-order valence-corrected chi connectivity index (χ3v) is 3.61. The van der Waals surface area contributed by atoms with Crippen molar-refractivity contribution in [3.05, 3.63) is 36.0 Å². The molecule has 0 amide bonds. The van der Waals surface area contributed by atoms with Crippen molar-refractivity contribution in [2.24, 2.45) is 0 Å². The Hall–Kier alpha value is -2.35. The molecule has 7 nitrogen and oxygen atoms in total. The predicted molar refractivity (Wildman–Crippen MR) is 72.3 cm³/mol. The van der Waals surface area contributed by atoms with Gasteiger partial charge in [-0.15, -0.1) is 10.2 Å². The molecule has 8 heteroatoms. The van der Waals surface area contributed by atoms with E-state index in [0.717, 1.165) is 11.9 Å². The van der Waals surface area contributed by atoms with Crippen molar-refractivity contribution in [1.29, 1.82) is 0 Å². The fourth-order valence-corrected chi connectivity index (χ4v) is 2.29. The van der Waals surface area contributed by atoms with Gasteiger partial charge in [0.05, 0.1) is 11.4 Å². The summed E-state index contributed by atoms with van der Waals surface area (Å²) in [5, 5.41) is 11.7. The average molecular weight is 289 g/mol. The number of aryl methyl sites for hydroxylation is 1. The molecule has 0 aliphatic rings. The zero-order valence-electron chi connectivity index (χ0n) is 10.8. The number of aromatic nitrogens is 5. The van der Waals surface area contributed by atoms with Crippen molar-refractivity contribution in [2.45, 2.75) is 12.1 Å². The summed E-state index contributed by atoms with van der Waals surface area (Å²) < 4.78 is 24.5. The molecule has 0 saturated carbocycles. The molecule has 3 rings (SSSR count). The molecule has 3 aromatic rings. The van der Waals surface area contributed by atoms with Crippen molar-refractivity contribution in [3.63, 3.8) is 0 Å². The molecule has 102 valence electrons. The second-order valence-corrected chi connectivity index (χ2v) is 6.28. The molecule has 0 fully saturated rings. The van der Waals surface area contributed by atoms with E-state index in [1.54, 1.807) is 11.6 Å². The summed E-state index contributed by atoms with van der Waals surface area (Å²) in [5.41, 5.74) is 2.28. The lowest BCUT2D eigenvalue weighted by Gasteiger charge is -2.01. The van der Waals surface area contributed by atoms with Crippen LogP contribution < -0.4 is 0 Å². The largest absolute Gasteiger partial charge is 0.267 e. The lowest BCUT2D eigenvalue weighted by Crippen LogP contribution is -2.06. The third kappa shape index (κ3) is 2.03. The Morgan fingerprint density at radius 3 is 2.45 bits per heavy atom. The van der Waals surface area contributed by atoms with E-state index in [0.29, 0.717) is 16.9 Å². The van der Waals surface area contributed by atoms with E-state index in [2.05, 4.69) is 20.3 Å². The first kappa shape index (κ1) is 12.7. The van der Waals surface area contributed by atoms with Crippen LogP contribution in [0.15, 0.2) is 35.5 Å². The minimum atomic E-state index is -3.49. The molecule has 0 saturated heterocycles. The maximum absolute atomic E-state index is 11.5. The summed E-state index contributed by atoms with van der Waals surface area (Å²) in [4.78, 5) is 4.05. The zero-order valence-corrected chi connectivity index (χ0v) is 11.7. The summed E-state index contributed by atoms with van der Waals surface area (Å²) in [7, 11) is -3.49. The molecule has 0 unspecified atom stereocenters. The van der Waals surface area contributed by atoms with Gasteiger partial charge in [0.2, 0.25) is 15.5 Å². The Balaban J connectivity index is 2.29. The van der Waals surface area contributed by atoms with Gasteiger partial charge in [-0.05, 0) is 19.1 Å². The monoisotopic (exact) mass is 289 g/mol. The van der Waals surface area contributed by atoms with E-state index in [-0.39, 0.29) is 5.16 Å². The van der Waals surface area contributed by atoms with Gasteiger partial charge < -0.3 is 0 Å². The van der Waals surface area contributed by atoms with Gasteiger partial charge in [0.15, 0.2) is 0 Å². The number of para-hydroxylation sites is 1. The molecule has 0 aliphatic carbocycles. The van der Waals surface area contributed by atoms with Crippen molar-refractivity contribution >= 4 is 21.0 Å². The minimum absolute atomic E-state index is 0.291. The highest BCUT2D eigenvalue weighted by atomic mass is 32.2. The van der Waals surface area contributed by atoms with Crippen molar-refractivity contribution in [1.82, 2.24) is 25.0 Å². The zero-order chi connectivity index (χ0) is 14.3. The van der Waals surface area contributed by atoms with Crippen molar-refractivity contribution < 1.29 is 8.42 Å². The first-order valence-electron chi connectivity index (χ1n) is 5.82. The summed E-state index contributed by atoms with van der Waals surface area (Å²) in [6, 6.07) is 9.40. The van der Waals surface area contributed by atoms with Crippen LogP contribution in [0.5, 0.6) is 0 Å². The smallest absolute Gasteiger partial charge is 0.221 e. The highest BCUT2D eigenvalue weighted by Gasteiger charge is 2.18. The van der Waals surface area contributed by atoms with Crippen molar-refractivity contribution in [2.75, 3.05) is 6.26 Å². The Bertz CT molecular complexity index is 887. The van der Waals surface area contributed by atoms with E-state index < -0.39 is 9.84 Å². The first-order chi connectivity index (χ1) is 9.47. The molecule has 0 radical (unpaired) electrons. The van der Waals surface area contributed by atoms with E-state index >= 15 is 0 Å². The second kappa shape index (κ2) is 4.34. The van der Waals surface area contributed by atoms with Crippen LogP contribution in [0.25, 0.3) is 16.9 Å². The summed E-state index contributed by atoms with van der Waals surface area (Å²) in [6.07, 6.45) is 1.05. The number of fused-ring (bicyclic) bond motifs is 1. The van der Waals surface area contributed by atoms with Gasteiger partial charge >= 0.3 is 0 Å². The van der Waals surface area contributed by atoms with Crippen LogP contribution in [0.4, 0.5) is 0 Å². The fourth-order valence-electron chi connectivity index (χ4n) is 1.84. The van der Waals surface area contributed by atoms with Crippen LogP contribution in [0, 0.1) is 6.92 Å². The number of rotatable bonds is 2. The number of hydrogen-bond donors (Lipinski definition) is 0. The summed E-state index contributed by atoms with van der Waals surface area (Å²) >= 11 is 0. The van der Waals surface area contributed by atoms with E-state index in [4.69, 9.17) is 0 Å². The van der Waals surface area contributed by atoms with Gasteiger partial charge in [0.25, 0.3) is 5.16 Å². The van der Waals surface area contributed by atoms with Gasteiger partial charge in [-0.3, -0.25) is 0 Å². The first-order valence-corrected chi connectivity index (χ1v) is 7.71. The van der Waals surface area contributed by atoms with Crippen LogP contribution in [0.1, 0.15) is 5.69 Å². The maximum atomic E-state index is 11.5. The third-order valence-electron chi connectivity index (χ3n) is 2.78. The number of benzene rings is 1. The predicted octanol–water partition coefficient (Wildman–Crippen LogP) is 0.922. The van der Waals surface area contributed by atoms with Gasteiger partial charge in [0, 0.05) is 6.26 Å². The second-order valence-electron chi connectivity index (χ2n) is 4.37. The topological polar surface area (TPSA) is 90.6 Å². The quantitative estimate of drug-likeness (QED) is 0.697. The summed E-state index contributed by atoms with van der Waals surface area (Å²) in [6.45, 7) is 1.75. The Morgan fingerprint density at radius 2 is 1.80 bits per heavy atom. The molecule has 0 bridgehead atoms. The van der Waals surface area contributed by atoms with Gasteiger partial charge in [0.1, 0.15) is 5.52 Å². The van der Waals surface area contributed by atoms with Crippen LogP contribution >= 0.6 is 0 Å². The molecule has 2 heterocycles. The van der Waals surface area contributed by atoms with Crippen LogP contribution in [0.2, 0.25) is 0 Å². The number of sulfone groups is 1. The molecular weight excluding hydrogens is 278 g/mol. The maximum Gasteiger partial charge on any atom is 0.267 e. The molecule has 1 aromatic carbocycles. The number of nitrogens with zero attached hydrogens (tertiary/aromatic N) is 5. The average Bonchev–Trinajstić information content (AvgIpc) is 2.76.